The van der Waals surface area contributed by atoms with Crippen LogP contribution in [-0.4, -0.2) is 55.6 Å². The van der Waals surface area contributed by atoms with E-state index in [1.165, 1.54) is 103 Å². The molecule has 0 rings (SSSR count). The predicted molar refractivity (Wildman–Crippen MR) is 156 cm³/mol. The van der Waals surface area contributed by atoms with Gasteiger partial charge in [-0.25, -0.2) is 0 Å². The zero-order valence-electron chi connectivity index (χ0n) is 24.9. The first kappa shape index (κ1) is 35.8. The van der Waals surface area contributed by atoms with Gasteiger partial charge in [-0.1, -0.05) is 123 Å². The molecule has 2 unspecified atom stereocenters. The van der Waals surface area contributed by atoms with Gasteiger partial charge in [0.15, 0.2) is 0 Å². The van der Waals surface area contributed by atoms with Crippen LogP contribution < -0.4 is 0 Å². The number of hydrogen-bond acceptors (Lipinski definition) is 3. The second-order valence-electron chi connectivity index (χ2n) is 12.1. The molecule has 216 valence electrons. The number of Topliss-reactive ketones (excluding diaryl/α,β-unsaturated/α-hetero) is 1. The Morgan fingerprint density at radius 2 is 1.17 bits per heavy atom. The predicted octanol–water partition coefficient (Wildman–Crippen LogP) is 8.92. The van der Waals surface area contributed by atoms with Gasteiger partial charge in [-0.05, 0) is 12.3 Å². The molecule has 0 radical (unpaired) electrons. The molecule has 0 aliphatic heterocycles. The maximum atomic E-state index is 12.4. The van der Waals surface area contributed by atoms with Gasteiger partial charge >= 0.3 is 7.60 Å². The van der Waals surface area contributed by atoms with Gasteiger partial charge in [-0.15, -0.1) is 0 Å². The largest absolute Gasteiger partial charge is 0.333 e. The molecule has 0 aliphatic rings. The van der Waals surface area contributed by atoms with Crippen LogP contribution in [0, 0.1) is 5.92 Å². The van der Waals surface area contributed by atoms with Crippen LogP contribution in [0.15, 0.2) is 0 Å². The van der Waals surface area contributed by atoms with E-state index < -0.39 is 7.60 Å². The highest BCUT2D eigenvalue weighted by Gasteiger charge is 2.25. The van der Waals surface area contributed by atoms with Crippen molar-refractivity contribution < 1.29 is 23.3 Å². The fourth-order valence-electron chi connectivity index (χ4n) is 4.58. The Hall–Kier alpha value is -0.220. The van der Waals surface area contributed by atoms with Gasteiger partial charge in [0.1, 0.15) is 5.78 Å². The molecule has 0 heterocycles. The minimum absolute atomic E-state index is 0.0541. The van der Waals surface area contributed by atoms with Crippen LogP contribution in [-0.2, 0) is 13.9 Å². The number of nitrogens with zero attached hydrogens (tertiary/aromatic N) is 1. The van der Waals surface area contributed by atoms with Crippen molar-refractivity contribution in [2.24, 2.45) is 5.92 Å². The fourth-order valence-corrected chi connectivity index (χ4v) is 6.01. The van der Waals surface area contributed by atoms with E-state index in [4.69, 9.17) is 4.52 Å². The van der Waals surface area contributed by atoms with Gasteiger partial charge < -0.3 is 13.9 Å². The third-order valence-electron chi connectivity index (χ3n) is 7.19. The lowest BCUT2D eigenvalue weighted by Gasteiger charge is -2.25. The van der Waals surface area contributed by atoms with Gasteiger partial charge in [0.25, 0.3) is 0 Å². The van der Waals surface area contributed by atoms with Crippen molar-refractivity contribution >= 4 is 13.4 Å². The van der Waals surface area contributed by atoms with Crippen molar-refractivity contribution in [3.05, 3.63) is 0 Å². The van der Waals surface area contributed by atoms with Gasteiger partial charge in [-0.2, -0.15) is 0 Å². The minimum Gasteiger partial charge on any atom is -0.330 e. The average molecular weight is 533 g/mol. The molecule has 0 aliphatic carbocycles. The summed E-state index contributed by atoms with van der Waals surface area (Å²) in [6, 6.07) is 0. The van der Waals surface area contributed by atoms with Crippen molar-refractivity contribution in [2.45, 2.75) is 142 Å². The first-order valence-corrected chi connectivity index (χ1v) is 17.1. The van der Waals surface area contributed by atoms with Crippen LogP contribution in [0.1, 0.15) is 142 Å². The first-order valence-electron chi connectivity index (χ1n) is 15.4. The summed E-state index contributed by atoms with van der Waals surface area (Å²) >= 11 is 0. The van der Waals surface area contributed by atoms with Gasteiger partial charge in [-0.3, -0.25) is 9.36 Å². The van der Waals surface area contributed by atoms with Crippen molar-refractivity contribution in [2.75, 3.05) is 40.5 Å². The highest BCUT2D eigenvalue weighted by atomic mass is 31.2. The highest BCUT2D eigenvalue weighted by molar-refractivity contribution is 7.52. The molecule has 0 saturated carbocycles. The van der Waals surface area contributed by atoms with Gasteiger partial charge in [0.05, 0.1) is 40.5 Å². The molecule has 6 heteroatoms. The molecular formula is C30H63NO4P+. The normalized spacial score (nSPS) is 14.6. The SMILES string of the molecule is CCCCCCCCCCCCCCCCCCCC(COP(=O)(O)CC[N+](C)(C)C)CC(=O)CC. The van der Waals surface area contributed by atoms with Crippen LogP contribution in [0.3, 0.4) is 0 Å². The number of hydrogen-bond donors (Lipinski definition) is 1. The third-order valence-corrected chi connectivity index (χ3v) is 8.51. The quantitative estimate of drug-likeness (QED) is 0.0651. The van der Waals surface area contributed by atoms with Crippen LogP contribution in [0.25, 0.3) is 0 Å². The smallest absolute Gasteiger partial charge is 0.330 e. The molecule has 0 aromatic heterocycles. The summed E-state index contributed by atoms with van der Waals surface area (Å²) in [5.74, 6) is 0.271. The maximum absolute atomic E-state index is 12.4. The number of carbonyl (C=O) groups is 1. The number of unbranched alkanes of at least 4 members (excludes halogenated alkanes) is 16. The summed E-state index contributed by atoms with van der Waals surface area (Å²) in [5.41, 5.74) is 0. The van der Waals surface area contributed by atoms with Crippen molar-refractivity contribution in [3.8, 4) is 0 Å². The summed E-state index contributed by atoms with van der Waals surface area (Å²) in [5, 5.41) is 0. The second kappa shape index (κ2) is 22.7. The van der Waals surface area contributed by atoms with E-state index in [1.807, 2.05) is 28.1 Å². The summed E-state index contributed by atoms with van der Waals surface area (Å²) in [7, 11) is 2.40. The topological polar surface area (TPSA) is 63.6 Å². The Labute approximate surface area is 225 Å². The van der Waals surface area contributed by atoms with E-state index in [-0.39, 0.29) is 24.5 Å². The van der Waals surface area contributed by atoms with E-state index >= 15 is 0 Å². The van der Waals surface area contributed by atoms with E-state index in [2.05, 4.69) is 6.92 Å². The van der Waals surface area contributed by atoms with E-state index in [0.717, 1.165) is 12.8 Å². The lowest BCUT2D eigenvalue weighted by Crippen LogP contribution is -2.37. The third kappa shape index (κ3) is 25.4. The average Bonchev–Trinajstić information content (AvgIpc) is 2.82. The molecule has 5 nitrogen and oxygen atoms in total. The molecule has 0 saturated heterocycles. The van der Waals surface area contributed by atoms with E-state index in [1.54, 1.807) is 0 Å². The van der Waals surface area contributed by atoms with E-state index in [0.29, 0.717) is 23.9 Å². The molecule has 0 aromatic rings. The van der Waals surface area contributed by atoms with Gasteiger partial charge in [0.2, 0.25) is 0 Å². The standard InChI is InChI=1S/C30H62NO4P/c1-6-8-9-10-11-12-13-14-15-16-17-18-19-20-21-22-23-24-29(27-30(32)7-2)28-35-36(33,34)26-25-31(3,4)5/h29H,6-28H2,1-5H3/p+1. The Balaban J connectivity index is 3.82. The fraction of sp³-hybridized carbons (Fsp3) is 0.967. The van der Waals surface area contributed by atoms with Crippen LogP contribution in [0.4, 0.5) is 0 Å². The summed E-state index contributed by atoms with van der Waals surface area (Å²) in [6.45, 7) is 4.97. The first-order chi connectivity index (χ1) is 17.1. The molecule has 1 N–H and O–H groups in total. The Morgan fingerprint density at radius 3 is 1.56 bits per heavy atom. The zero-order valence-corrected chi connectivity index (χ0v) is 25.8. The summed E-state index contributed by atoms with van der Waals surface area (Å²) in [6.07, 6.45) is 25.0. The molecule has 0 bridgehead atoms. The van der Waals surface area contributed by atoms with Crippen LogP contribution in [0.2, 0.25) is 0 Å². The molecule has 0 spiro atoms. The molecule has 2 atom stereocenters. The number of carbonyl (C=O) groups excluding carboxylic acids is 1. The molecular weight excluding hydrogens is 469 g/mol. The van der Waals surface area contributed by atoms with Gasteiger partial charge in [0, 0.05) is 12.8 Å². The van der Waals surface area contributed by atoms with Crippen molar-refractivity contribution in [1.29, 1.82) is 0 Å². The zero-order chi connectivity index (χ0) is 27.1. The maximum Gasteiger partial charge on any atom is 0.333 e. The Bertz CT molecular complexity index is 562. The second-order valence-corrected chi connectivity index (χ2v) is 14.1. The number of quaternary nitrogens is 1. The highest BCUT2D eigenvalue weighted by Crippen LogP contribution is 2.42. The van der Waals surface area contributed by atoms with Crippen LogP contribution in [0.5, 0.6) is 0 Å². The lowest BCUT2D eigenvalue weighted by molar-refractivity contribution is -0.867. The summed E-state index contributed by atoms with van der Waals surface area (Å²) < 4.78 is 18.5. The van der Waals surface area contributed by atoms with E-state index in [9.17, 15) is 14.3 Å². The molecule has 36 heavy (non-hydrogen) atoms. The van der Waals surface area contributed by atoms with Crippen molar-refractivity contribution in [1.82, 2.24) is 0 Å². The lowest BCUT2D eigenvalue weighted by atomic mass is 9.95. The molecule has 0 amide bonds. The molecule has 0 aromatic carbocycles. The van der Waals surface area contributed by atoms with Crippen molar-refractivity contribution in [3.63, 3.8) is 0 Å². The minimum atomic E-state index is -3.60. The number of rotatable bonds is 27. The Kier molecular flexibility index (Phi) is 22.6. The monoisotopic (exact) mass is 532 g/mol. The summed E-state index contributed by atoms with van der Waals surface area (Å²) in [4.78, 5) is 22.2. The van der Waals surface area contributed by atoms with Crippen LogP contribution >= 0.6 is 7.60 Å². The Morgan fingerprint density at radius 1 is 0.750 bits per heavy atom. The number of ketones is 1. The molecule has 0 fully saturated rings.